The maximum absolute atomic E-state index is 11.1. The summed E-state index contributed by atoms with van der Waals surface area (Å²) in [5.74, 6) is 0. The average molecular weight is 384 g/mol. The van der Waals surface area contributed by atoms with Crippen molar-refractivity contribution in [2.24, 2.45) is 0 Å². The molecule has 140 valence electrons. The number of carbonyl (C=O) groups is 1. The van der Waals surface area contributed by atoms with Crippen LogP contribution in [0.1, 0.15) is 21.5 Å². The Morgan fingerprint density at radius 1 is 0.893 bits per heavy atom. The molecule has 0 saturated heterocycles. The van der Waals surface area contributed by atoms with Gasteiger partial charge in [-0.05, 0) is 49.6 Å². The Morgan fingerprint density at radius 3 is 2.25 bits per heavy atom. The number of hydrogen-bond acceptors (Lipinski definition) is 2. The average Bonchev–Trinajstić information content (AvgIpc) is 2.69. The summed E-state index contributed by atoms with van der Waals surface area (Å²) in [6, 6.07) is 21.3. The van der Waals surface area contributed by atoms with Crippen LogP contribution >= 0.6 is 0 Å². The lowest BCUT2D eigenvalue weighted by Crippen LogP contribution is -2.63. The Bertz CT molecular complexity index is 1190. The van der Waals surface area contributed by atoms with Crippen LogP contribution in [0.2, 0.25) is 13.1 Å². The Labute approximate surface area is 167 Å². The number of fused-ring (bicyclic) bond motifs is 2. The second-order valence-corrected chi connectivity index (χ2v) is 12.6. The monoisotopic (exact) mass is 383 g/mol. The van der Waals surface area contributed by atoms with Gasteiger partial charge >= 0.3 is 0 Å². The lowest BCUT2D eigenvalue weighted by molar-refractivity contribution is 0.112. The lowest BCUT2D eigenvalue weighted by Gasteiger charge is -2.34. The van der Waals surface area contributed by atoms with Gasteiger partial charge in [0.15, 0.2) is 0 Å². The van der Waals surface area contributed by atoms with Crippen molar-refractivity contribution in [3.8, 4) is 0 Å². The quantitative estimate of drug-likeness (QED) is 0.511. The van der Waals surface area contributed by atoms with Crippen molar-refractivity contribution in [1.29, 1.82) is 0 Å². The Kier molecular flexibility index (Phi) is 4.35. The largest absolute Gasteiger partial charge is 0.378 e. The molecule has 3 heteroatoms. The van der Waals surface area contributed by atoms with E-state index < -0.39 is 8.07 Å². The molecule has 1 heterocycles. The molecule has 0 bridgehead atoms. The van der Waals surface area contributed by atoms with Gasteiger partial charge in [0.25, 0.3) is 0 Å². The molecule has 1 aliphatic heterocycles. The molecule has 0 saturated carbocycles. The van der Waals surface area contributed by atoms with Crippen LogP contribution in [0.25, 0.3) is 12.2 Å². The first-order valence-electron chi connectivity index (χ1n) is 9.54. The highest BCUT2D eigenvalue weighted by molar-refractivity contribution is 7.01. The summed E-state index contributed by atoms with van der Waals surface area (Å²) in [6.07, 6.45) is 0.894. The summed E-state index contributed by atoms with van der Waals surface area (Å²) in [5, 5.41) is 5.24. The zero-order valence-electron chi connectivity index (χ0n) is 16.9. The van der Waals surface area contributed by atoms with Gasteiger partial charge < -0.3 is 4.90 Å². The molecule has 1 aliphatic rings. The standard InChI is InChI=1S/C25H25NOSi/c1-17-6-12-21-23(14-17)28(4,5)24-15-20(26(2)3)11-13-22(24)25(21)19-9-7-18(16-27)8-10-19/h6-16H,1H2,2-5H3. The van der Waals surface area contributed by atoms with Crippen LogP contribution < -0.4 is 25.7 Å². The highest BCUT2D eigenvalue weighted by atomic mass is 28.3. The maximum atomic E-state index is 11.1. The summed E-state index contributed by atoms with van der Waals surface area (Å²) in [7, 11) is 2.30. The molecule has 28 heavy (non-hydrogen) atoms. The van der Waals surface area contributed by atoms with Crippen LogP contribution in [0.15, 0.2) is 60.7 Å². The number of anilines is 1. The van der Waals surface area contributed by atoms with Crippen LogP contribution in [0.3, 0.4) is 0 Å². The van der Waals surface area contributed by atoms with Crippen molar-refractivity contribution >= 4 is 42.6 Å². The van der Waals surface area contributed by atoms with E-state index in [-0.39, 0.29) is 0 Å². The highest BCUT2D eigenvalue weighted by Crippen LogP contribution is 2.27. The zero-order valence-corrected chi connectivity index (χ0v) is 17.9. The van der Waals surface area contributed by atoms with E-state index in [2.05, 4.69) is 87.2 Å². The van der Waals surface area contributed by atoms with Crippen molar-refractivity contribution in [1.82, 2.24) is 0 Å². The molecular formula is C25H25NOSi. The molecule has 0 atom stereocenters. The molecule has 4 rings (SSSR count). The third kappa shape index (κ3) is 2.83. The molecule has 0 radical (unpaired) electrons. The van der Waals surface area contributed by atoms with Crippen molar-refractivity contribution in [3.05, 3.63) is 87.8 Å². The van der Waals surface area contributed by atoms with E-state index in [0.29, 0.717) is 5.56 Å². The maximum Gasteiger partial charge on any atom is 0.150 e. The van der Waals surface area contributed by atoms with Crippen molar-refractivity contribution in [2.45, 2.75) is 13.1 Å². The van der Waals surface area contributed by atoms with Gasteiger partial charge in [0, 0.05) is 25.3 Å². The van der Waals surface area contributed by atoms with Gasteiger partial charge in [-0.1, -0.05) is 68.2 Å². The SMILES string of the molecule is C=c1ccc2c(c1)[Si](C)(C)c1cc(N(C)C)ccc1C=2c1ccc(C=O)cc1. The smallest absolute Gasteiger partial charge is 0.150 e. The van der Waals surface area contributed by atoms with Gasteiger partial charge in [0.2, 0.25) is 0 Å². The number of rotatable bonds is 3. The molecule has 3 aromatic carbocycles. The second-order valence-electron chi connectivity index (χ2n) is 8.24. The Balaban J connectivity index is 2.12. The third-order valence-corrected chi connectivity index (χ3v) is 9.35. The van der Waals surface area contributed by atoms with E-state index in [1.807, 2.05) is 12.1 Å². The summed E-state index contributed by atoms with van der Waals surface area (Å²) in [6.45, 7) is 9.04. The lowest BCUT2D eigenvalue weighted by atomic mass is 9.93. The summed E-state index contributed by atoms with van der Waals surface area (Å²) >= 11 is 0. The van der Waals surface area contributed by atoms with E-state index in [9.17, 15) is 4.79 Å². The van der Waals surface area contributed by atoms with E-state index >= 15 is 0 Å². The van der Waals surface area contributed by atoms with Crippen LogP contribution in [-0.2, 0) is 0 Å². The van der Waals surface area contributed by atoms with E-state index in [0.717, 1.165) is 17.1 Å². The Morgan fingerprint density at radius 2 is 1.61 bits per heavy atom. The first-order chi connectivity index (χ1) is 13.3. The van der Waals surface area contributed by atoms with Crippen LogP contribution in [0.5, 0.6) is 0 Å². The molecule has 0 N–H and O–H groups in total. The molecule has 0 fully saturated rings. The predicted octanol–water partition coefficient (Wildman–Crippen LogP) is 2.36. The minimum absolute atomic E-state index is 0.700. The molecular weight excluding hydrogens is 358 g/mol. The van der Waals surface area contributed by atoms with E-state index in [4.69, 9.17) is 0 Å². The van der Waals surface area contributed by atoms with Crippen molar-refractivity contribution in [3.63, 3.8) is 0 Å². The summed E-state index contributed by atoms with van der Waals surface area (Å²) in [4.78, 5) is 13.3. The van der Waals surface area contributed by atoms with Gasteiger partial charge in [-0.3, -0.25) is 4.79 Å². The first kappa shape index (κ1) is 18.5. The zero-order chi connectivity index (χ0) is 20.1. The van der Waals surface area contributed by atoms with Gasteiger partial charge in [0.05, 0.1) is 0 Å². The van der Waals surface area contributed by atoms with Crippen molar-refractivity contribution < 1.29 is 4.79 Å². The predicted molar refractivity (Wildman–Crippen MR) is 122 cm³/mol. The van der Waals surface area contributed by atoms with Gasteiger partial charge in [-0.15, -0.1) is 0 Å². The molecule has 0 spiro atoms. The molecule has 3 aromatic rings. The number of nitrogens with zero attached hydrogens (tertiary/aromatic N) is 1. The fraction of sp³-hybridized carbons (Fsp3) is 0.160. The third-order valence-electron chi connectivity index (χ3n) is 5.82. The minimum Gasteiger partial charge on any atom is -0.378 e. The van der Waals surface area contributed by atoms with Crippen molar-refractivity contribution in [2.75, 3.05) is 19.0 Å². The fourth-order valence-electron chi connectivity index (χ4n) is 4.20. The topological polar surface area (TPSA) is 20.3 Å². The van der Waals surface area contributed by atoms with Crippen LogP contribution in [0.4, 0.5) is 5.69 Å². The van der Waals surface area contributed by atoms with Gasteiger partial charge in [0.1, 0.15) is 14.4 Å². The molecule has 0 aromatic heterocycles. The number of benzene rings is 3. The Hall–Kier alpha value is -2.91. The fourth-order valence-corrected chi connectivity index (χ4v) is 7.31. The molecule has 0 unspecified atom stereocenters. The summed E-state index contributed by atoms with van der Waals surface area (Å²) < 4.78 is 0. The normalized spacial score (nSPS) is 14.2. The number of hydrogen-bond donors (Lipinski definition) is 0. The molecule has 0 amide bonds. The van der Waals surface area contributed by atoms with E-state index in [1.54, 1.807) is 0 Å². The first-order valence-corrected chi connectivity index (χ1v) is 12.5. The summed E-state index contributed by atoms with van der Waals surface area (Å²) in [5.41, 5.74) is 5.63. The van der Waals surface area contributed by atoms with Crippen LogP contribution in [0, 0.1) is 0 Å². The van der Waals surface area contributed by atoms with Gasteiger partial charge in [-0.25, -0.2) is 0 Å². The second kappa shape index (κ2) is 6.61. The molecule has 0 aliphatic carbocycles. The number of aldehydes is 1. The van der Waals surface area contributed by atoms with E-state index in [1.165, 1.54) is 32.4 Å². The number of carbonyl (C=O) groups excluding carboxylic acids is 1. The molecule has 2 nitrogen and oxygen atoms in total. The van der Waals surface area contributed by atoms with Gasteiger partial charge in [-0.2, -0.15) is 0 Å². The minimum atomic E-state index is -1.88. The highest BCUT2D eigenvalue weighted by Gasteiger charge is 2.35. The van der Waals surface area contributed by atoms with Crippen LogP contribution in [-0.4, -0.2) is 28.5 Å².